The van der Waals surface area contributed by atoms with Crippen molar-refractivity contribution in [3.63, 3.8) is 0 Å². The number of benzene rings is 2. The highest BCUT2D eigenvalue weighted by molar-refractivity contribution is 8.26. The third kappa shape index (κ3) is 5.07. The lowest BCUT2D eigenvalue weighted by molar-refractivity contribution is -0.114. The molecule has 0 saturated heterocycles. The average Bonchev–Trinajstić information content (AvgIpc) is 3.43. The van der Waals surface area contributed by atoms with Crippen LogP contribution >= 0.6 is 11.8 Å². The number of unbranched alkanes of at least 4 members (excludes halogenated alkanes) is 4. The van der Waals surface area contributed by atoms with Crippen molar-refractivity contribution in [3.8, 4) is 0 Å². The van der Waals surface area contributed by atoms with Gasteiger partial charge in [-0.05, 0) is 49.2 Å². The smallest absolute Gasteiger partial charge is 0.283 e. The number of aromatic nitrogens is 1. The summed E-state index contributed by atoms with van der Waals surface area (Å²) in [6.45, 7) is 5.04. The van der Waals surface area contributed by atoms with Crippen molar-refractivity contribution in [1.82, 2.24) is 9.58 Å². The van der Waals surface area contributed by atoms with E-state index in [9.17, 15) is 4.79 Å². The van der Waals surface area contributed by atoms with Crippen molar-refractivity contribution in [3.05, 3.63) is 77.0 Å². The molecule has 1 N–H and O–H groups in total. The summed E-state index contributed by atoms with van der Waals surface area (Å²) in [6.07, 6.45) is 10.7. The van der Waals surface area contributed by atoms with Crippen molar-refractivity contribution in [2.24, 2.45) is 10.1 Å². The first-order chi connectivity index (χ1) is 17.5. The molecule has 0 atom stereocenters. The van der Waals surface area contributed by atoms with Gasteiger partial charge in [-0.3, -0.25) is 10.2 Å². The predicted molar refractivity (Wildman–Crippen MR) is 151 cm³/mol. The van der Waals surface area contributed by atoms with Crippen molar-refractivity contribution in [2.45, 2.75) is 58.9 Å². The predicted octanol–water partition coefficient (Wildman–Crippen LogP) is 6.98. The first-order valence-electron chi connectivity index (χ1n) is 12.7. The van der Waals surface area contributed by atoms with Crippen LogP contribution in [0.1, 0.15) is 62.1 Å². The van der Waals surface area contributed by atoms with E-state index in [0.717, 1.165) is 40.9 Å². The fourth-order valence-electron chi connectivity index (χ4n) is 4.70. The minimum absolute atomic E-state index is 0.0917. The van der Waals surface area contributed by atoms with Gasteiger partial charge in [0.15, 0.2) is 5.84 Å². The largest absolute Gasteiger partial charge is 0.342 e. The Bertz CT molecular complexity index is 1410. The second-order valence-electron chi connectivity index (χ2n) is 9.40. The second-order valence-corrected chi connectivity index (χ2v) is 10.4. The number of amidine groups is 2. The minimum atomic E-state index is -0.381. The van der Waals surface area contributed by atoms with Crippen LogP contribution < -0.4 is 0 Å². The van der Waals surface area contributed by atoms with E-state index in [-0.39, 0.29) is 17.3 Å². The number of aryl methyl sites for hydroxylation is 1. The standard InChI is InChI=1S/C29H31N5OS/c1-3-4-5-6-7-15-26-32-34-27(30)24(28(35)31-29(34)36-26)17-22-19-33(25-14-9-8-13-23(22)25)18-21-12-10-11-20(2)16-21/h8-14,16-17,19,30H,3-7,15,18H2,1-2H3. The molecule has 5 rings (SSSR count). The first-order valence-corrected chi connectivity index (χ1v) is 13.5. The average molecular weight is 498 g/mol. The van der Waals surface area contributed by atoms with Crippen LogP contribution in [0, 0.1) is 12.3 Å². The summed E-state index contributed by atoms with van der Waals surface area (Å²) in [7, 11) is 0. The summed E-state index contributed by atoms with van der Waals surface area (Å²) in [5.74, 6) is -0.289. The number of nitrogens with zero attached hydrogens (tertiary/aromatic N) is 4. The van der Waals surface area contributed by atoms with Crippen LogP contribution in [0.2, 0.25) is 0 Å². The Morgan fingerprint density at radius 3 is 2.72 bits per heavy atom. The van der Waals surface area contributed by atoms with E-state index in [2.05, 4.69) is 71.1 Å². The van der Waals surface area contributed by atoms with Gasteiger partial charge in [0.05, 0.1) is 5.57 Å². The highest BCUT2D eigenvalue weighted by Crippen LogP contribution is 2.31. The number of carbonyl (C=O) groups excluding carboxylic acids is 1. The van der Waals surface area contributed by atoms with E-state index in [0.29, 0.717) is 5.17 Å². The van der Waals surface area contributed by atoms with E-state index >= 15 is 0 Å². The third-order valence-electron chi connectivity index (χ3n) is 6.55. The van der Waals surface area contributed by atoms with Crippen LogP contribution in [-0.2, 0) is 11.3 Å². The van der Waals surface area contributed by atoms with Crippen molar-refractivity contribution in [2.75, 3.05) is 0 Å². The number of carbonyl (C=O) groups is 1. The van der Waals surface area contributed by atoms with Crippen molar-refractivity contribution >= 4 is 50.7 Å². The van der Waals surface area contributed by atoms with E-state index in [4.69, 9.17) is 5.41 Å². The zero-order valence-corrected chi connectivity index (χ0v) is 21.6. The first kappa shape index (κ1) is 24.3. The maximum absolute atomic E-state index is 13.0. The Kier molecular flexibility index (Phi) is 7.18. The fourth-order valence-corrected chi connectivity index (χ4v) is 5.62. The monoisotopic (exact) mass is 497 g/mol. The lowest BCUT2D eigenvalue weighted by atomic mass is 10.1. The van der Waals surface area contributed by atoms with Gasteiger partial charge in [0.1, 0.15) is 5.04 Å². The van der Waals surface area contributed by atoms with E-state index < -0.39 is 0 Å². The molecule has 3 aromatic rings. The summed E-state index contributed by atoms with van der Waals surface area (Å²) in [4.78, 5) is 17.2. The van der Waals surface area contributed by atoms with Crippen LogP contribution in [0.4, 0.5) is 0 Å². The molecule has 2 aromatic carbocycles. The molecule has 0 bridgehead atoms. The molecule has 2 aliphatic heterocycles. The molecule has 0 aliphatic carbocycles. The van der Waals surface area contributed by atoms with Gasteiger partial charge in [0.25, 0.3) is 5.91 Å². The Balaban J connectivity index is 1.40. The van der Waals surface area contributed by atoms with Gasteiger partial charge in [0.2, 0.25) is 5.17 Å². The molecular weight excluding hydrogens is 466 g/mol. The lowest BCUT2D eigenvalue weighted by Gasteiger charge is -2.20. The molecule has 0 spiro atoms. The SMILES string of the molecule is CCCCCCCC1=NN2C(=N)C(=Cc3cn(Cc4cccc(C)c4)c4ccccc34)C(=O)N=C2S1. The molecular formula is C29H31N5OS. The quantitative estimate of drug-likeness (QED) is 0.256. The summed E-state index contributed by atoms with van der Waals surface area (Å²) in [5.41, 5.74) is 4.70. The third-order valence-corrected chi connectivity index (χ3v) is 7.51. The Hall–Kier alpha value is -3.45. The topological polar surface area (TPSA) is 73.8 Å². The van der Waals surface area contributed by atoms with Crippen LogP contribution in [0.5, 0.6) is 0 Å². The van der Waals surface area contributed by atoms with Crippen LogP contribution in [0.3, 0.4) is 0 Å². The molecule has 0 fully saturated rings. The maximum Gasteiger partial charge on any atom is 0.283 e. The molecule has 2 aliphatic rings. The number of rotatable bonds is 9. The Morgan fingerprint density at radius 1 is 1.06 bits per heavy atom. The minimum Gasteiger partial charge on any atom is -0.342 e. The van der Waals surface area contributed by atoms with Crippen molar-refractivity contribution in [1.29, 1.82) is 5.41 Å². The normalized spacial score (nSPS) is 16.6. The van der Waals surface area contributed by atoms with E-state index in [1.165, 1.54) is 53.6 Å². The number of amides is 1. The highest BCUT2D eigenvalue weighted by atomic mass is 32.2. The van der Waals surface area contributed by atoms with Gasteiger partial charge < -0.3 is 4.57 Å². The van der Waals surface area contributed by atoms with E-state index in [1.54, 1.807) is 6.08 Å². The van der Waals surface area contributed by atoms with Gasteiger partial charge in [-0.15, -0.1) is 0 Å². The summed E-state index contributed by atoms with van der Waals surface area (Å²) in [6, 6.07) is 16.7. The van der Waals surface area contributed by atoms with Crippen LogP contribution in [-0.4, -0.2) is 31.5 Å². The molecule has 0 saturated carbocycles. The van der Waals surface area contributed by atoms with Gasteiger partial charge in [-0.25, -0.2) is 0 Å². The number of aliphatic imine (C=N–C) groups is 1. The Labute approximate surface area is 216 Å². The molecule has 1 aromatic heterocycles. The van der Waals surface area contributed by atoms with Crippen LogP contribution in [0.15, 0.2) is 70.4 Å². The number of fused-ring (bicyclic) bond motifs is 2. The molecule has 0 radical (unpaired) electrons. The van der Waals surface area contributed by atoms with Gasteiger partial charge in [0, 0.05) is 29.2 Å². The lowest BCUT2D eigenvalue weighted by Crippen LogP contribution is -2.35. The molecule has 36 heavy (non-hydrogen) atoms. The van der Waals surface area contributed by atoms with Crippen molar-refractivity contribution < 1.29 is 4.79 Å². The molecule has 7 heteroatoms. The molecule has 184 valence electrons. The van der Waals surface area contributed by atoms with E-state index in [1.807, 2.05) is 12.1 Å². The summed E-state index contributed by atoms with van der Waals surface area (Å²) in [5, 5.41) is 17.4. The number of para-hydroxylation sites is 1. The number of thioether (sulfide) groups is 1. The summed E-state index contributed by atoms with van der Waals surface area (Å²) < 4.78 is 2.20. The maximum atomic E-state index is 13.0. The molecule has 6 nitrogen and oxygen atoms in total. The number of nitrogens with one attached hydrogen (secondary N) is 1. The number of hydrazone groups is 1. The number of hydrogen-bond acceptors (Lipinski definition) is 4. The second kappa shape index (κ2) is 10.7. The molecule has 0 unspecified atom stereocenters. The number of hydrogen-bond donors (Lipinski definition) is 1. The highest BCUT2D eigenvalue weighted by Gasteiger charge is 2.35. The van der Waals surface area contributed by atoms with Gasteiger partial charge in [-0.2, -0.15) is 15.1 Å². The van der Waals surface area contributed by atoms with Gasteiger partial charge in [-0.1, -0.05) is 80.6 Å². The van der Waals surface area contributed by atoms with Crippen LogP contribution in [0.25, 0.3) is 17.0 Å². The molecule has 3 heterocycles. The zero-order chi connectivity index (χ0) is 25.1. The molecule has 1 amide bonds. The summed E-state index contributed by atoms with van der Waals surface area (Å²) >= 11 is 1.42. The fraction of sp³-hybridized carbons (Fsp3) is 0.310. The Morgan fingerprint density at radius 2 is 1.89 bits per heavy atom. The van der Waals surface area contributed by atoms with Gasteiger partial charge >= 0.3 is 0 Å². The zero-order valence-electron chi connectivity index (χ0n) is 20.8.